The molecule has 12 heteroatoms. The van der Waals surface area contributed by atoms with Crippen LogP contribution in [0.2, 0.25) is 0 Å². The van der Waals surface area contributed by atoms with Crippen LogP contribution in [0.5, 0.6) is 0 Å². The number of benzene rings is 2. The van der Waals surface area contributed by atoms with Crippen molar-refractivity contribution in [3.63, 3.8) is 0 Å². The number of aliphatic hydroxyl groups excluding tert-OH is 2. The number of aromatic nitrogens is 2. The number of rotatable bonds is 11. The van der Waals surface area contributed by atoms with Crippen LogP contribution in [-0.2, 0) is 16.4 Å². The molecule has 7 N–H and O–H groups in total. The Morgan fingerprint density at radius 2 is 1.61 bits per heavy atom. The molecule has 10 nitrogen and oxygen atoms in total. The molecule has 3 aromatic rings. The van der Waals surface area contributed by atoms with Crippen LogP contribution in [0.15, 0.2) is 46.2 Å². The Kier molecular flexibility index (Phi) is 9.61. The average molecular weight is 500 g/mol. The Balaban J connectivity index is 0.00000193. The SMILES string of the molecule is Cl.O.O=S1(=O)c2ccccc2-c2nn(CCNCCO)c3ccc(NCCNCCO)c1c23. The predicted molar refractivity (Wildman–Crippen MR) is 130 cm³/mol. The van der Waals surface area contributed by atoms with Gasteiger partial charge in [0.05, 0.1) is 35.9 Å². The molecule has 2 heterocycles. The van der Waals surface area contributed by atoms with Gasteiger partial charge >= 0.3 is 0 Å². The first kappa shape index (κ1) is 27.0. The van der Waals surface area contributed by atoms with Gasteiger partial charge in [0, 0.05) is 43.7 Å². The van der Waals surface area contributed by atoms with Gasteiger partial charge in [-0.15, -0.1) is 12.4 Å². The Morgan fingerprint density at radius 3 is 2.33 bits per heavy atom. The van der Waals surface area contributed by atoms with Gasteiger partial charge in [-0.1, -0.05) is 18.2 Å². The third-order valence-electron chi connectivity index (χ3n) is 5.27. The van der Waals surface area contributed by atoms with Crippen molar-refractivity contribution in [3.8, 4) is 11.3 Å². The minimum Gasteiger partial charge on any atom is -0.412 e. The highest BCUT2D eigenvalue weighted by atomic mass is 35.5. The summed E-state index contributed by atoms with van der Waals surface area (Å²) in [7, 11) is -3.73. The lowest BCUT2D eigenvalue weighted by atomic mass is 10.1. The number of sulfone groups is 1. The zero-order valence-corrected chi connectivity index (χ0v) is 19.7. The molecule has 0 amide bonds. The second-order valence-electron chi connectivity index (χ2n) is 7.28. The first-order chi connectivity index (χ1) is 15.1. The van der Waals surface area contributed by atoms with E-state index in [0.29, 0.717) is 61.6 Å². The molecule has 0 radical (unpaired) electrons. The van der Waals surface area contributed by atoms with E-state index in [2.05, 4.69) is 16.0 Å². The summed E-state index contributed by atoms with van der Waals surface area (Å²) < 4.78 is 29.0. The van der Waals surface area contributed by atoms with E-state index in [0.717, 1.165) is 5.52 Å². The molecule has 2 aromatic carbocycles. The van der Waals surface area contributed by atoms with E-state index in [1.165, 1.54) is 0 Å². The quantitative estimate of drug-likeness (QED) is 0.180. The number of anilines is 1. The minimum atomic E-state index is -3.73. The van der Waals surface area contributed by atoms with Crippen molar-refractivity contribution >= 4 is 38.8 Å². The summed E-state index contributed by atoms with van der Waals surface area (Å²) in [4.78, 5) is 0.524. The maximum Gasteiger partial charge on any atom is 0.210 e. The van der Waals surface area contributed by atoms with Crippen molar-refractivity contribution in [2.75, 3.05) is 51.3 Å². The number of hydrogen-bond acceptors (Lipinski definition) is 8. The molecule has 0 spiro atoms. The van der Waals surface area contributed by atoms with E-state index in [9.17, 15) is 8.42 Å². The van der Waals surface area contributed by atoms with Crippen molar-refractivity contribution in [3.05, 3.63) is 36.4 Å². The second kappa shape index (κ2) is 11.7. The van der Waals surface area contributed by atoms with Gasteiger partial charge in [0.15, 0.2) is 0 Å². The first-order valence-electron chi connectivity index (χ1n) is 10.3. The smallest absolute Gasteiger partial charge is 0.210 e. The number of nitrogens with zero attached hydrogens (tertiary/aromatic N) is 2. The number of nitrogens with one attached hydrogen (secondary N) is 3. The molecular weight excluding hydrogens is 470 g/mol. The summed E-state index contributed by atoms with van der Waals surface area (Å²) >= 11 is 0. The summed E-state index contributed by atoms with van der Waals surface area (Å²) in [6.07, 6.45) is 0. The van der Waals surface area contributed by atoms with Gasteiger partial charge < -0.3 is 31.6 Å². The highest BCUT2D eigenvalue weighted by Crippen LogP contribution is 2.46. The first-order valence-corrected chi connectivity index (χ1v) is 11.8. The van der Waals surface area contributed by atoms with Crippen molar-refractivity contribution < 1.29 is 24.1 Å². The number of fused-ring (bicyclic) bond motifs is 2. The van der Waals surface area contributed by atoms with Crippen LogP contribution in [0.4, 0.5) is 5.69 Å². The number of halogens is 1. The molecule has 1 aliphatic rings. The van der Waals surface area contributed by atoms with Crippen molar-refractivity contribution in [1.82, 2.24) is 20.4 Å². The van der Waals surface area contributed by atoms with Gasteiger partial charge in [-0.05, 0) is 18.2 Å². The maximum absolute atomic E-state index is 13.6. The Hall–Kier alpha value is -2.25. The zero-order chi connectivity index (χ0) is 21.8. The topological polar surface area (TPSA) is 160 Å². The van der Waals surface area contributed by atoms with Crippen molar-refractivity contribution in [2.24, 2.45) is 0 Å². The van der Waals surface area contributed by atoms with Crippen LogP contribution in [0.1, 0.15) is 0 Å². The number of hydrogen-bond donors (Lipinski definition) is 5. The predicted octanol–water partition coefficient (Wildman–Crippen LogP) is 0.0223. The molecule has 0 saturated heterocycles. The molecular formula is C21H30ClN5O5S. The van der Waals surface area contributed by atoms with Gasteiger partial charge in [0.25, 0.3) is 0 Å². The van der Waals surface area contributed by atoms with Crippen LogP contribution >= 0.6 is 12.4 Å². The highest BCUT2D eigenvalue weighted by Gasteiger charge is 2.35. The molecule has 182 valence electrons. The number of aliphatic hydroxyl groups is 2. The fourth-order valence-corrected chi connectivity index (χ4v) is 5.73. The largest absolute Gasteiger partial charge is 0.412 e. The monoisotopic (exact) mass is 499 g/mol. The van der Waals surface area contributed by atoms with E-state index in [4.69, 9.17) is 15.3 Å². The molecule has 0 aliphatic carbocycles. The summed E-state index contributed by atoms with van der Waals surface area (Å²) in [5, 5.41) is 32.7. The normalized spacial score (nSPS) is 13.2. The van der Waals surface area contributed by atoms with Crippen LogP contribution < -0.4 is 16.0 Å². The van der Waals surface area contributed by atoms with E-state index in [1.54, 1.807) is 24.3 Å². The molecule has 33 heavy (non-hydrogen) atoms. The van der Waals surface area contributed by atoms with Gasteiger partial charge in [0.1, 0.15) is 10.6 Å². The van der Waals surface area contributed by atoms with Crippen molar-refractivity contribution in [1.29, 1.82) is 0 Å². The fourth-order valence-electron chi connectivity index (χ4n) is 3.90. The second-order valence-corrected chi connectivity index (χ2v) is 9.14. The molecule has 1 aliphatic heterocycles. The molecule has 0 bridgehead atoms. The highest BCUT2D eigenvalue weighted by molar-refractivity contribution is 7.92. The summed E-state index contributed by atoms with van der Waals surface area (Å²) in [6, 6.07) is 10.7. The molecule has 0 atom stereocenters. The molecule has 1 aromatic heterocycles. The summed E-state index contributed by atoms with van der Waals surface area (Å²) in [5.74, 6) is 0. The maximum atomic E-state index is 13.6. The lowest BCUT2D eigenvalue weighted by Gasteiger charge is -2.20. The molecule has 0 unspecified atom stereocenters. The lowest BCUT2D eigenvalue weighted by Crippen LogP contribution is -2.25. The van der Waals surface area contributed by atoms with Crippen LogP contribution in [-0.4, -0.2) is 79.8 Å². The Bertz CT molecular complexity index is 1190. The van der Waals surface area contributed by atoms with Gasteiger partial charge in [0.2, 0.25) is 9.84 Å². The van der Waals surface area contributed by atoms with E-state index in [-0.39, 0.29) is 40.9 Å². The summed E-state index contributed by atoms with van der Waals surface area (Å²) in [5.41, 5.74) is 2.59. The van der Waals surface area contributed by atoms with Crippen LogP contribution in [0.25, 0.3) is 22.2 Å². The average Bonchev–Trinajstić information content (AvgIpc) is 3.14. The van der Waals surface area contributed by atoms with E-state index in [1.807, 2.05) is 16.8 Å². The van der Waals surface area contributed by atoms with E-state index >= 15 is 0 Å². The minimum absolute atomic E-state index is 0. The third-order valence-corrected chi connectivity index (χ3v) is 7.16. The van der Waals surface area contributed by atoms with Crippen LogP contribution in [0.3, 0.4) is 0 Å². The summed E-state index contributed by atoms with van der Waals surface area (Å²) in [6.45, 7) is 3.36. The zero-order valence-electron chi connectivity index (χ0n) is 18.0. The van der Waals surface area contributed by atoms with Gasteiger partial charge in [-0.25, -0.2) is 8.42 Å². The molecule has 4 rings (SSSR count). The van der Waals surface area contributed by atoms with E-state index < -0.39 is 9.84 Å². The Labute approximate surface area is 198 Å². The molecule has 0 saturated carbocycles. The van der Waals surface area contributed by atoms with Gasteiger partial charge in [-0.2, -0.15) is 5.10 Å². The Morgan fingerprint density at radius 1 is 0.909 bits per heavy atom. The van der Waals surface area contributed by atoms with Crippen molar-refractivity contribution in [2.45, 2.75) is 16.3 Å². The third kappa shape index (κ3) is 5.14. The van der Waals surface area contributed by atoms with Gasteiger partial charge in [-0.3, -0.25) is 4.68 Å². The fraction of sp³-hybridized carbons (Fsp3) is 0.381. The molecule has 0 fully saturated rings. The lowest BCUT2D eigenvalue weighted by molar-refractivity contribution is 0.291. The van der Waals surface area contributed by atoms with Crippen LogP contribution in [0, 0.1) is 0 Å². The standard InChI is InChI=1S/C21H27N5O4S.ClH.H2O/c27-13-10-22-7-8-24-16-5-6-17-19-20(25-26(17)12-9-23-11-14-28)15-3-1-2-4-18(15)31(29,30)21(16)19;;/h1-6,22-24,27-28H,7-14H2;1H;1H2.